The van der Waals surface area contributed by atoms with Gasteiger partial charge in [0.15, 0.2) is 0 Å². The Morgan fingerprint density at radius 3 is 2.77 bits per heavy atom. The number of amides is 1. The maximum absolute atomic E-state index is 12.3. The molecule has 0 unspecified atom stereocenters. The molecule has 0 saturated carbocycles. The predicted octanol–water partition coefficient (Wildman–Crippen LogP) is 3.88. The van der Waals surface area contributed by atoms with E-state index in [4.69, 9.17) is 4.98 Å². The van der Waals surface area contributed by atoms with Gasteiger partial charge in [0, 0.05) is 13.0 Å². The molecule has 0 radical (unpaired) electrons. The van der Waals surface area contributed by atoms with Gasteiger partial charge in [-0.3, -0.25) is 4.79 Å². The number of aromatic nitrogens is 3. The third kappa shape index (κ3) is 4.38. The highest BCUT2D eigenvalue weighted by atomic mass is 32.1. The van der Waals surface area contributed by atoms with Gasteiger partial charge in [0.25, 0.3) is 0 Å². The second-order valence-electron chi connectivity index (χ2n) is 8.21. The van der Waals surface area contributed by atoms with Crippen molar-refractivity contribution in [2.24, 2.45) is 5.41 Å². The Morgan fingerprint density at radius 2 is 2.12 bits per heavy atom. The Balaban J connectivity index is 1.81. The van der Waals surface area contributed by atoms with E-state index in [1.165, 1.54) is 16.4 Å². The third-order valence-corrected chi connectivity index (χ3v) is 5.29. The second-order valence-corrected chi connectivity index (χ2v) is 9.05. The molecule has 1 aliphatic heterocycles. The molecular weight excluding hydrogens is 346 g/mol. The van der Waals surface area contributed by atoms with Crippen molar-refractivity contribution in [1.82, 2.24) is 14.6 Å². The molecule has 0 fully saturated rings. The molecule has 26 heavy (non-hydrogen) atoms. The molecule has 0 atom stereocenters. The summed E-state index contributed by atoms with van der Waals surface area (Å²) in [5, 5.41) is 7.11. The van der Waals surface area contributed by atoms with Crippen LogP contribution in [0.25, 0.3) is 0 Å². The highest BCUT2D eigenvalue weighted by Gasteiger charge is 2.23. The third-order valence-electron chi connectivity index (χ3n) is 4.48. The number of pyridine rings is 1. The Morgan fingerprint density at radius 1 is 1.35 bits per heavy atom. The van der Waals surface area contributed by atoms with E-state index in [1.54, 1.807) is 0 Å². The lowest BCUT2D eigenvalue weighted by Crippen LogP contribution is -2.30. The van der Waals surface area contributed by atoms with Gasteiger partial charge < -0.3 is 10.2 Å². The summed E-state index contributed by atoms with van der Waals surface area (Å²) < 4.78 is 4.04. The van der Waals surface area contributed by atoms with Crippen molar-refractivity contribution in [2.45, 2.75) is 60.4 Å². The van der Waals surface area contributed by atoms with Gasteiger partial charge in [-0.2, -0.15) is 0 Å². The van der Waals surface area contributed by atoms with Crippen LogP contribution in [-0.2, 0) is 17.8 Å². The Kier molecular flexibility index (Phi) is 5.27. The van der Waals surface area contributed by atoms with Gasteiger partial charge >= 0.3 is 0 Å². The first-order chi connectivity index (χ1) is 12.2. The maximum atomic E-state index is 12.3. The number of hydrogen-bond acceptors (Lipinski definition) is 6. The van der Waals surface area contributed by atoms with Crippen molar-refractivity contribution in [2.75, 3.05) is 16.8 Å². The molecule has 1 N–H and O–H groups in total. The summed E-state index contributed by atoms with van der Waals surface area (Å²) in [6, 6.07) is 2.15. The molecule has 6 nitrogen and oxygen atoms in total. The standard InChI is InChI=1S/C19H27N5OS/c1-12-9-15-14(20-18(12)21-17(25)10-19(3,4)5)7-6-8-24(15)11-16-13(2)22-23-26-16/h9H,6-8,10-11H2,1-5H3,(H,20,21,25). The van der Waals surface area contributed by atoms with E-state index >= 15 is 0 Å². The molecular formula is C19H27N5OS. The highest BCUT2D eigenvalue weighted by molar-refractivity contribution is 7.05. The number of nitrogens with zero attached hydrogens (tertiary/aromatic N) is 4. The zero-order valence-corrected chi connectivity index (χ0v) is 17.0. The van der Waals surface area contributed by atoms with Gasteiger partial charge in [-0.1, -0.05) is 25.3 Å². The van der Waals surface area contributed by atoms with Gasteiger partial charge in [0.2, 0.25) is 5.91 Å². The summed E-state index contributed by atoms with van der Waals surface area (Å²) >= 11 is 1.46. The van der Waals surface area contributed by atoms with Crippen molar-refractivity contribution in [1.29, 1.82) is 0 Å². The van der Waals surface area contributed by atoms with Crippen molar-refractivity contribution in [3.05, 3.63) is 27.9 Å². The molecule has 3 rings (SSSR count). The minimum absolute atomic E-state index is 0.0204. The molecule has 2 aromatic heterocycles. The number of rotatable bonds is 4. The summed E-state index contributed by atoms with van der Waals surface area (Å²) in [5.41, 5.74) is 4.18. The normalized spacial score (nSPS) is 14.3. The molecule has 0 aliphatic carbocycles. The summed E-state index contributed by atoms with van der Waals surface area (Å²) in [6.07, 6.45) is 2.48. The highest BCUT2D eigenvalue weighted by Crippen LogP contribution is 2.31. The van der Waals surface area contributed by atoms with Gasteiger partial charge in [-0.25, -0.2) is 4.98 Å². The van der Waals surface area contributed by atoms with E-state index in [0.717, 1.165) is 48.6 Å². The summed E-state index contributed by atoms with van der Waals surface area (Å²) in [6.45, 7) is 12.0. The number of nitrogens with one attached hydrogen (secondary N) is 1. The van der Waals surface area contributed by atoms with E-state index in [9.17, 15) is 4.79 Å². The topological polar surface area (TPSA) is 71.0 Å². The fraction of sp³-hybridized carbons (Fsp3) is 0.579. The van der Waals surface area contributed by atoms with E-state index in [2.05, 4.69) is 46.6 Å². The van der Waals surface area contributed by atoms with Gasteiger partial charge in [-0.15, -0.1) is 5.10 Å². The lowest BCUT2D eigenvalue weighted by Gasteiger charge is -2.31. The zero-order chi connectivity index (χ0) is 18.9. The van der Waals surface area contributed by atoms with Crippen LogP contribution in [0.3, 0.4) is 0 Å². The largest absolute Gasteiger partial charge is 0.365 e. The number of hydrogen-bond donors (Lipinski definition) is 1. The zero-order valence-electron chi connectivity index (χ0n) is 16.2. The Bertz CT molecular complexity index is 809. The SMILES string of the molecule is Cc1cc2c(nc1NC(=O)CC(C)(C)C)CCCN2Cc1snnc1C. The first-order valence-corrected chi connectivity index (χ1v) is 9.83. The quantitative estimate of drug-likeness (QED) is 0.881. The molecule has 7 heteroatoms. The van der Waals surface area contributed by atoms with Crippen molar-refractivity contribution in [3.63, 3.8) is 0 Å². The van der Waals surface area contributed by atoms with Crippen LogP contribution in [0.15, 0.2) is 6.07 Å². The predicted molar refractivity (Wildman–Crippen MR) is 106 cm³/mol. The van der Waals surface area contributed by atoms with Crippen molar-refractivity contribution < 1.29 is 4.79 Å². The monoisotopic (exact) mass is 373 g/mol. The van der Waals surface area contributed by atoms with E-state index in [1.807, 2.05) is 13.8 Å². The number of carbonyl (C=O) groups excluding carboxylic acids is 1. The van der Waals surface area contributed by atoms with E-state index in [-0.39, 0.29) is 11.3 Å². The van der Waals surface area contributed by atoms with E-state index < -0.39 is 0 Å². The molecule has 3 heterocycles. The molecule has 2 aromatic rings. The van der Waals surface area contributed by atoms with Gasteiger partial charge in [0.1, 0.15) is 5.82 Å². The smallest absolute Gasteiger partial charge is 0.226 e. The van der Waals surface area contributed by atoms with Crippen LogP contribution in [0.2, 0.25) is 0 Å². The second kappa shape index (κ2) is 7.31. The van der Waals surface area contributed by atoms with Crippen LogP contribution in [0.1, 0.15) is 55.4 Å². The van der Waals surface area contributed by atoms with E-state index in [0.29, 0.717) is 12.2 Å². The molecule has 140 valence electrons. The fourth-order valence-corrected chi connectivity index (χ4v) is 3.82. The van der Waals surface area contributed by atoms with Crippen LogP contribution in [-0.4, -0.2) is 27.0 Å². The minimum Gasteiger partial charge on any atom is -0.365 e. The number of aryl methyl sites for hydroxylation is 3. The van der Waals surface area contributed by atoms with Crippen LogP contribution >= 0.6 is 11.5 Å². The van der Waals surface area contributed by atoms with Crippen molar-refractivity contribution >= 4 is 28.9 Å². The fourth-order valence-electron chi connectivity index (χ4n) is 3.17. The molecule has 0 spiro atoms. The lowest BCUT2D eigenvalue weighted by atomic mass is 9.92. The first kappa shape index (κ1) is 18.8. The first-order valence-electron chi connectivity index (χ1n) is 9.06. The summed E-state index contributed by atoms with van der Waals surface area (Å²) in [4.78, 5) is 20.6. The summed E-state index contributed by atoms with van der Waals surface area (Å²) in [7, 11) is 0. The van der Waals surface area contributed by atoms with Crippen molar-refractivity contribution in [3.8, 4) is 0 Å². The van der Waals surface area contributed by atoms with Crippen LogP contribution in [0, 0.1) is 19.3 Å². The number of anilines is 2. The molecule has 0 bridgehead atoms. The Labute approximate surface area is 159 Å². The molecule has 0 saturated heterocycles. The number of carbonyl (C=O) groups is 1. The average molecular weight is 374 g/mol. The molecule has 1 aliphatic rings. The van der Waals surface area contributed by atoms with Gasteiger partial charge in [-0.05, 0) is 55.3 Å². The maximum Gasteiger partial charge on any atom is 0.226 e. The molecule has 0 aromatic carbocycles. The lowest BCUT2D eigenvalue weighted by molar-refractivity contribution is -0.117. The molecule has 1 amide bonds. The van der Waals surface area contributed by atoms with Gasteiger partial charge in [0.05, 0.1) is 28.5 Å². The summed E-state index contributed by atoms with van der Waals surface area (Å²) in [5.74, 6) is 0.711. The van der Waals surface area contributed by atoms with Crippen LogP contribution in [0.5, 0.6) is 0 Å². The van der Waals surface area contributed by atoms with Crippen LogP contribution < -0.4 is 10.2 Å². The Hall–Kier alpha value is -2.02. The minimum atomic E-state index is -0.0381. The number of fused-ring (bicyclic) bond motifs is 1. The average Bonchev–Trinajstić information content (AvgIpc) is 2.92. The van der Waals surface area contributed by atoms with Crippen LogP contribution in [0.4, 0.5) is 11.5 Å².